The molecule has 0 unspecified atom stereocenters. The van der Waals surface area contributed by atoms with Gasteiger partial charge in [-0.2, -0.15) is 0 Å². The summed E-state index contributed by atoms with van der Waals surface area (Å²) in [6, 6.07) is 11.5. The second-order valence-corrected chi connectivity index (χ2v) is 6.92. The van der Waals surface area contributed by atoms with Crippen LogP contribution in [-0.4, -0.2) is 29.4 Å². The van der Waals surface area contributed by atoms with Crippen LogP contribution in [0.2, 0.25) is 5.02 Å². The monoisotopic (exact) mass is 387 g/mol. The molecule has 2 aromatic carbocycles. The number of hydrogen-bond acceptors (Lipinski definition) is 6. The third-order valence-corrected chi connectivity index (χ3v) is 5.29. The van der Waals surface area contributed by atoms with Gasteiger partial charge >= 0.3 is 5.97 Å². The molecule has 0 N–H and O–H groups in total. The Balaban J connectivity index is 1.71. The Bertz CT molecular complexity index is 926. The predicted molar refractivity (Wildman–Crippen MR) is 94.5 cm³/mol. The van der Waals surface area contributed by atoms with Crippen LogP contribution in [0.5, 0.6) is 0 Å². The lowest BCUT2D eigenvalue weighted by molar-refractivity contribution is -0.384. The Kier molecular flexibility index (Phi) is 4.20. The van der Waals surface area contributed by atoms with Gasteiger partial charge in [-0.05, 0) is 42.8 Å². The highest BCUT2D eigenvalue weighted by Gasteiger charge is 2.68. The van der Waals surface area contributed by atoms with E-state index >= 15 is 0 Å². The van der Waals surface area contributed by atoms with Gasteiger partial charge in [-0.25, -0.2) is 4.79 Å². The summed E-state index contributed by atoms with van der Waals surface area (Å²) in [6.07, 6.45) is -0.0285. The SMILES string of the molecule is O=C(O[C@@]1(c2ccc([N+](=O)[O-])cc2)C(=O)[C@@H]2CCO[C@@H]21)c1ccc(Cl)cc1. The van der Waals surface area contributed by atoms with Crippen molar-refractivity contribution in [3.63, 3.8) is 0 Å². The Labute approximate surface area is 159 Å². The minimum Gasteiger partial charge on any atom is -0.440 e. The largest absolute Gasteiger partial charge is 0.440 e. The number of nitro benzene ring substituents is 1. The third-order valence-electron chi connectivity index (χ3n) is 5.04. The fourth-order valence-corrected chi connectivity index (χ4v) is 3.80. The summed E-state index contributed by atoms with van der Waals surface area (Å²) in [5, 5.41) is 11.4. The molecule has 1 saturated carbocycles. The summed E-state index contributed by atoms with van der Waals surface area (Å²) in [5.41, 5.74) is -1.10. The first-order chi connectivity index (χ1) is 12.9. The molecule has 0 radical (unpaired) electrons. The van der Waals surface area contributed by atoms with Crippen molar-refractivity contribution in [1.82, 2.24) is 0 Å². The number of halogens is 1. The molecule has 2 fully saturated rings. The highest BCUT2D eigenvalue weighted by Crippen LogP contribution is 2.52. The first kappa shape index (κ1) is 17.6. The molecule has 1 aliphatic heterocycles. The number of fused-ring (bicyclic) bond motifs is 1. The lowest BCUT2D eigenvalue weighted by atomic mass is 9.63. The number of Topliss-reactive ketones (excluding diaryl/α,β-unsaturated/α-hetero) is 1. The average Bonchev–Trinajstić information content (AvgIpc) is 3.12. The van der Waals surface area contributed by atoms with E-state index in [-0.39, 0.29) is 23.0 Å². The Morgan fingerprint density at radius 3 is 2.48 bits per heavy atom. The number of carbonyl (C=O) groups excluding carboxylic acids is 2. The molecule has 1 aliphatic carbocycles. The number of carbonyl (C=O) groups is 2. The van der Waals surface area contributed by atoms with E-state index in [1.807, 2.05) is 0 Å². The van der Waals surface area contributed by atoms with Crippen molar-refractivity contribution in [3.05, 3.63) is 74.8 Å². The highest BCUT2D eigenvalue weighted by atomic mass is 35.5. The van der Waals surface area contributed by atoms with Gasteiger partial charge in [0, 0.05) is 29.3 Å². The maximum atomic E-state index is 12.9. The smallest absolute Gasteiger partial charge is 0.339 e. The summed E-state index contributed by atoms with van der Waals surface area (Å²) in [7, 11) is 0. The second kappa shape index (κ2) is 6.44. The molecule has 2 aromatic rings. The van der Waals surface area contributed by atoms with Crippen LogP contribution in [0.1, 0.15) is 22.3 Å². The van der Waals surface area contributed by atoms with E-state index in [9.17, 15) is 19.7 Å². The molecule has 1 saturated heterocycles. The van der Waals surface area contributed by atoms with Crippen LogP contribution in [0.4, 0.5) is 5.69 Å². The molecular formula is C19H14ClNO6. The molecule has 2 aliphatic rings. The lowest BCUT2D eigenvalue weighted by Gasteiger charge is -2.48. The number of ether oxygens (including phenoxy) is 2. The Morgan fingerprint density at radius 2 is 1.85 bits per heavy atom. The average molecular weight is 388 g/mol. The standard InChI is InChI=1S/C19H14ClNO6/c20-13-5-1-11(2-6-13)18(23)27-19(16(22)15-9-10-26-17(15)19)12-3-7-14(8-4-12)21(24)25/h1-8,15,17H,9-10H2/t15-,17-,19-/m0/s1. The molecule has 138 valence electrons. The number of ketones is 1. The van der Waals surface area contributed by atoms with E-state index in [2.05, 4.69) is 0 Å². The number of rotatable bonds is 4. The van der Waals surface area contributed by atoms with E-state index in [0.717, 1.165) is 0 Å². The number of non-ortho nitro benzene ring substituents is 1. The third kappa shape index (κ3) is 2.70. The van der Waals surface area contributed by atoms with Crippen molar-refractivity contribution < 1.29 is 24.0 Å². The van der Waals surface area contributed by atoms with Crippen molar-refractivity contribution in [2.75, 3.05) is 6.61 Å². The second-order valence-electron chi connectivity index (χ2n) is 6.49. The summed E-state index contributed by atoms with van der Waals surface area (Å²) in [5.74, 6) is -1.27. The van der Waals surface area contributed by atoms with E-state index in [4.69, 9.17) is 21.1 Å². The van der Waals surface area contributed by atoms with E-state index in [1.165, 1.54) is 36.4 Å². The summed E-state index contributed by atoms with van der Waals surface area (Å²) in [4.78, 5) is 35.9. The van der Waals surface area contributed by atoms with Crippen LogP contribution in [0.3, 0.4) is 0 Å². The van der Waals surface area contributed by atoms with Crippen molar-refractivity contribution in [2.24, 2.45) is 5.92 Å². The predicted octanol–water partition coefficient (Wildman–Crippen LogP) is 3.29. The molecule has 27 heavy (non-hydrogen) atoms. The molecule has 4 rings (SSSR count). The van der Waals surface area contributed by atoms with Crippen LogP contribution in [-0.2, 0) is 19.9 Å². The number of nitro groups is 1. The first-order valence-corrected chi connectivity index (χ1v) is 8.71. The van der Waals surface area contributed by atoms with Gasteiger partial charge in [0.05, 0.1) is 16.4 Å². The molecule has 0 amide bonds. The number of benzene rings is 2. The van der Waals surface area contributed by atoms with Crippen LogP contribution < -0.4 is 0 Å². The van der Waals surface area contributed by atoms with Crippen molar-refractivity contribution >= 4 is 29.0 Å². The molecule has 0 aromatic heterocycles. The zero-order valence-corrected chi connectivity index (χ0v) is 14.7. The number of esters is 1. The van der Waals surface area contributed by atoms with Crippen LogP contribution in [0, 0.1) is 16.0 Å². The summed E-state index contributed by atoms with van der Waals surface area (Å²) in [6.45, 7) is 0.397. The Morgan fingerprint density at radius 1 is 1.19 bits per heavy atom. The fraction of sp³-hybridized carbons (Fsp3) is 0.263. The summed E-state index contributed by atoms with van der Waals surface area (Å²) < 4.78 is 11.4. The number of hydrogen-bond donors (Lipinski definition) is 0. The van der Waals surface area contributed by atoms with Gasteiger partial charge in [0.15, 0.2) is 5.78 Å². The van der Waals surface area contributed by atoms with E-state index in [1.54, 1.807) is 12.1 Å². The highest BCUT2D eigenvalue weighted by molar-refractivity contribution is 6.30. The zero-order chi connectivity index (χ0) is 19.2. The minimum atomic E-state index is -1.59. The van der Waals surface area contributed by atoms with Gasteiger partial charge in [-0.1, -0.05) is 11.6 Å². The zero-order valence-electron chi connectivity index (χ0n) is 14.0. The normalized spacial score (nSPS) is 26.2. The van der Waals surface area contributed by atoms with Crippen molar-refractivity contribution in [2.45, 2.75) is 18.1 Å². The Hall–Kier alpha value is -2.77. The molecule has 0 spiro atoms. The topological polar surface area (TPSA) is 95.7 Å². The maximum absolute atomic E-state index is 12.9. The van der Waals surface area contributed by atoms with Gasteiger partial charge in [-0.15, -0.1) is 0 Å². The molecule has 8 heteroatoms. The van der Waals surface area contributed by atoms with Gasteiger partial charge in [0.2, 0.25) is 5.60 Å². The van der Waals surface area contributed by atoms with Crippen LogP contribution in [0.15, 0.2) is 48.5 Å². The maximum Gasteiger partial charge on any atom is 0.339 e. The molecule has 0 bridgehead atoms. The minimum absolute atomic E-state index is 0.117. The molecule has 1 heterocycles. The first-order valence-electron chi connectivity index (χ1n) is 8.33. The van der Waals surface area contributed by atoms with Crippen molar-refractivity contribution in [1.29, 1.82) is 0 Å². The van der Waals surface area contributed by atoms with Gasteiger partial charge < -0.3 is 9.47 Å². The van der Waals surface area contributed by atoms with Gasteiger partial charge in [0.1, 0.15) is 6.10 Å². The van der Waals surface area contributed by atoms with Crippen molar-refractivity contribution in [3.8, 4) is 0 Å². The van der Waals surface area contributed by atoms with E-state index in [0.29, 0.717) is 23.6 Å². The summed E-state index contributed by atoms with van der Waals surface area (Å²) >= 11 is 5.84. The van der Waals surface area contributed by atoms with Gasteiger partial charge in [0.25, 0.3) is 5.69 Å². The fourth-order valence-electron chi connectivity index (χ4n) is 3.67. The molecule has 3 atom stereocenters. The molecule has 7 nitrogen and oxygen atoms in total. The quantitative estimate of drug-likeness (QED) is 0.453. The van der Waals surface area contributed by atoms with Gasteiger partial charge in [-0.3, -0.25) is 14.9 Å². The van der Waals surface area contributed by atoms with E-state index < -0.39 is 22.6 Å². The number of nitrogens with zero attached hydrogens (tertiary/aromatic N) is 1. The van der Waals surface area contributed by atoms with Crippen LogP contribution in [0.25, 0.3) is 0 Å². The van der Waals surface area contributed by atoms with Crippen LogP contribution >= 0.6 is 11.6 Å². The lowest BCUT2D eigenvalue weighted by Crippen LogP contribution is -2.65. The molecular weight excluding hydrogens is 374 g/mol.